The standard InChI is InChI=1S/C24H26FN3OS2/c1-17-7-8-18(2)19(13-17)15-30-24-26-20(16-31-24)14-23(29)28-11-9-27(10-12-28)22-6-4-3-5-21(22)25/h3-8,13,16H,9-12,14-15H2,1-2H3. The summed E-state index contributed by atoms with van der Waals surface area (Å²) in [6.07, 6.45) is 0.320. The van der Waals surface area contributed by atoms with Gasteiger partial charge in [-0.25, -0.2) is 9.37 Å². The van der Waals surface area contributed by atoms with Crippen molar-refractivity contribution in [2.24, 2.45) is 0 Å². The Labute approximate surface area is 191 Å². The number of rotatable bonds is 6. The van der Waals surface area contributed by atoms with Crippen LogP contribution in [0, 0.1) is 19.7 Å². The Hall–Kier alpha value is -2.38. The molecule has 4 rings (SSSR count). The second kappa shape index (κ2) is 9.83. The van der Waals surface area contributed by atoms with Crippen LogP contribution in [0.1, 0.15) is 22.4 Å². The van der Waals surface area contributed by atoms with E-state index in [9.17, 15) is 9.18 Å². The first kappa shape index (κ1) is 21.8. The van der Waals surface area contributed by atoms with Crippen LogP contribution in [-0.4, -0.2) is 42.0 Å². The average Bonchev–Trinajstić information content (AvgIpc) is 3.22. The maximum absolute atomic E-state index is 14.0. The molecule has 3 aromatic rings. The van der Waals surface area contributed by atoms with E-state index < -0.39 is 0 Å². The van der Waals surface area contributed by atoms with Gasteiger partial charge in [0.15, 0.2) is 0 Å². The number of aryl methyl sites for hydroxylation is 2. The maximum Gasteiger partial charge on any atom is 0.228 e. The van der Waals surface area contributed by atoms with Crippen LogP contribution < -0.4 is 4.90 Å². The fourth-order valence-electron chi connectivity index (χ4n) is 3.70. The fraction of sp³-hybridized carbons (Fsp3) is 0.333. The number of carbonyl (C=O) groups is 1. The highest BCUT2D eigenvalue weighted by Crippen LogP contribution is 2.28. The molecule has 7 heteroatoms. The SMILES string of the molecule is Cc1ccc(C)c(CSc2nc(CC(=O)N3CCN(c4ccccc4F)CC3)cs2)c1. The number of thioether (sulfide) groups is 1. The van der Waals surface area contributed by atoms with Crippen LogP contribution in [-0.2, 0) is 17.0 Å². The minimum absolute atomic E-state index is 0.0876. The van der Waals surface area contributed by atoms with E-state index in [1.807, 2.05) is 21.2 Å². The molecule has 1 aliphatic heterocycles. The Kier molecular flexibility index (Phi) is 6.92. The maximum atomic E-state index is 14.0. The number of benzene rings is 2. The van der Waals surface area contributed by atoms with Crippen molar-refractivity contribution in [1.82, 2.24) is 9.88 Å². The highest BCUT2D eigenvalue weighted by molar-refractivity contribution is 8.00. The molecule has 162 valence electrons. The van der Waals surface area contributed by atoms with Crippen molar-refractivity contribution in [2.45, 2.75) is 30.4 Å². The summed E-state index contributed by atoms with van der Waals surface area (Å²) >= 11 is 3.32. The molecule has 1 amide bonds. The first-order chi connectivity index (χ1) is 15.0. The van der Waals surface area contributed by atoms with Gasteiger partial charge >= 0.3 is 0 Å². The van der Waals surface area contributed by atoms with Crippen molar-refractivity contribution < 1.29 is 9.18 Å². The Morgan fingerprint density at radius 3 is 2.68 bits per heavy atom. The van der Waals surface area contributed by atoms with Gasteiger partial charge in [0.2, 0.25) is 5.91 Å². The lowest BCUT2D eigenvalue weighted by molar-refractivity contribution is -0.130. The fourth-order valence-corrected chi connectivity index (χ4v) is 5.61. The smallest absolute Gasteiger partial charge is 0.228 e. The molecule has 1 aliphatic rings. The van der Waals surface area contributed by atoms with Gasteiger partial charge in [-0.05, 0) is 37.1 Å². The zero-order chi connectivity index (χ0) is 21.8. The van der Waals surface area contributed by atoms with Gasteiger partial charge < -0.3 is 9.80 Å². The zero-order valence-corrected chi connectivity index (χ0v) is 19.4. The summed E-state index contributed by atoms with van der Waals surface area (Å²) in [6.45, 7) is 6.72. The van der Waals surface area contributed by atoms with Crippen LogP contribution in [0.2, 0.25) is 0 Å². The van der Waals surface area contributed by atoms with E-state index in [1.54, 1.807) is 35.2 Å². The summed E-state index contributed by atoms with van der Waals surface area (Å²) in [5.41, 5.74) is 5.32. The molecule has 0 radical (unpaired) electrons. The van der Waals surface area contributed by atoms with Crippen LogP contribution in [0.5, 0.6) is 0 Å². The summed E-state index contributed by atoms with van der Waals surface area (Å²) < 4.78 is 15.0. The Balaban J connectivity index is 1.28. The molecule has 0 bridgehead atoms. The Morgan fingerprint density at radius 2 is 1.90 bits per heavy atom. The summed E-state index contributed by atoms with van der Waals surface area (Å²) in [5.74, 6) is 0.757. The third-order valence-corrected chi connectivity index (χ3v) is 7.66. The van der Waals surface area contributed by atoms with E-state index in [4.69, 9.17) is 0 Å². The quantitative estimate of drug-likeness (QED) is 0.486. The van der Waals surface area contributed by atoms with E-state index in [0.717, 1.165) is 15.8 Å². The van der Waals surface area contributed by atoms with E-state index in [0.29, 0.717) is 38.3 Å². The molecule has 2 heterocycles. The van der Waals surface area contributed by atoms with Crippen LogP contribution >= 0.6 is 23.1 Å². The van der Waals surface area contributed by atoms with E-state index in [-0.39, 0.29) is 11.7 Å². The van der Waals surface area contributed by atoms with Gasteiger partial charge in [-0.15, -0.1) is 11.3 Å². The summed E-state index contributed by atoms with van der Waals surface area (Å²) in [4.78, 5) is 21.3. The van der Waals surface area contributed by atoms with E-state index in [2.05, 4.69) is 37.0 Å². The number of thiazole rings is 1. The number of aromatic nitrogens is 1. The first-order valence-electron chi connectivity index (χ1n) is 10.4. The minimum Gasteiger partial charge on any atom is -0.366 e. The average molecular weight is 456 g/mol. The lowest BCUT2D eigenvalue weighted by atomic mass is 10.1. The molecular weight excluding hydrogens is 429 g/mol. The number of hydrogen-bond donors (Lipinski definition) is 0. The van der Waals surface area contributed by atoms with E-state index in [1.165, 1.54) is 22.8 Å². The number of halogens is 1. The van der Waals surface area contributed by atoms with E-state index >= 15 is 0 Å². The normalized spacial score (nSPS) is 14.2. The number of piperazine rings is 1. The number of carbonyl (C=O) groups excluding carboxylic acids is 1. The number of hydrogen-bond acceptors (Lipinski definition) is 5. The molecule has 0 spiro atoms. The van der Waals surface area contributed by atoms with Gasteiger partial charge in [-0.3, -0.25) is 4.79 Å². The number of nitrogens with zero attached hydrogens (tertiary/aromatic N) is 3. The molecule has 0 aliphatic carbocycles. The van der Waals surface area contributed by atoms with Crippen molar-refractivity contribution in [3.63, 3.8) is 0 Å². The molecule has 1 saturated heterocycles. The van der Waals surface area contributed by atoms with Gasteiger partial charge in [0.05, 0.1) is 17.8 Å². The highest BCUT2D eigenvalue weighted by Gasteiger charge is 2.23. The molecule has 1 fully saturated rings. The molecule has 2 aromatic carbocycles. The molecule has 1 aromatic heterocycles. The van der Waals surface area contributed by atoms with Crippen LogP contribution in [0.3, 0.4) is 0 Å². The highest BCUT2D eigenvalue weighted by atomic mass is 32.2. The topological polar surface area (TPSA) is 36.4 Å². The third-order valence-electron chi connectivity index (χ3n) is 5.54. The Morgan fingerprint density at radius 1 is 1.13 bits per heavy atom. The molecule has 0 N–H and O–H groups in total. The predicted octanol–water partition coefficient (Wildman–Crippen LogP) is 5.08. The molecule has 0 atom stereocenters. The zero-order valence-electron chi connectivity index (χ0n) is 17.8. The van der Waals surface area contributed by atoms with Crippen molar-refractivity contribution in [3.8, 4) is 0 Å². The summed E-state index contributed by atoms with van der Waals surface area (Å²) in [7, 11) is 0. The molecule has 0 unspecified atom stereocenters. The minimum atomic E-state index is -0.212. The molecule has 31 heavy (non-hydrogen) atoms. The van der Waals surface area contributed by atoms with Gasteiger partial charge in [-0.2, -0.15) is 0 Å². The van der Waals surface area contributed by atoms with Crippen molar-refractivity contribution in [1.29, 1.82) is 0 Å². The van der Waals surface area contributed by atoms with Crippen LogP contribution in [0.4, 0.5) is 10.1 Å². The van der Waals surface area contributed by atoms with Crippen molar-refractivity contribution in [2.75, 3.05) is 31.1 Å². The molecular formula is C24H26FN3OS2. The predicted molar refractivity (Wildman–Crippen MR) is 126 cm³/mol. The lowest BCUT2D eigenvalue weighted by Crippen LogP contribution is -2.49. The van der Waals surface area contributed by atoms with Gasteiger partial charge in [-0.1, -0.05) is 47.7 Å². The van der Waals surface area contributed by atoms with Crippen molar-refractivity contribution >= 4 is 34.7 Å². The molecule has 0 saturated carbocycles. The number of anilines is 1. The second-order valence-electron chi connectivity index (χ2n) is 7.82. The van der Waals surface area contributed by atoms with Gasteiger partial charge in [0, 0.05) is 37.3 Å². The molecule has 4 nitrogen and oxygen atoms in total. The van der Waals surface area contributed by atoms with Crippen LogP contribution in [0.15, 0.2) is 52.2 Å². The van der Waals surface area contributed by atoms with Crippen LogP contribution in [0.25, 0.3) is 0 Å². The van der Waals surface area contributed by atoms with Gasteiger partial charge in [0.1, 0.15) is 10.2 Å². The third kappa shape index (κ3) is 5.46. The monoisotopic (exact) mass is 455 g/mol. The largest absolute Gasteiger partial charge is 0.366 e. The van der Waals surface area contributed by atoms with Crippen molar-refractivity contribution in [3.05, 3.63) is 76.0 Å². The second-order valence-corrected chi connectivity index (χ2v) is 9.90. The number of para-hydroxylation sites is 1. The lowest BCUT2D eigenvalue weighted by Gasteiger charge is -2.36. The summed E-state index contributed by atoms with van der Waals surface area (Å²) in [5, 5.41) is 1.99. The number of amides is 1. The summed E-state index contributed by atoms with van der Waals surface area (Å²) in [6, 6.07) is 13.3. The Bertz CT molecular complexity index is 1060. The first-order valence-corrected chi connectivity index (χ1v) is 12.3. The van der Waals surface area contributed by atoms with Gasteiger partial charge in [0.25, 0.3) is 0 Å².